The van der Waals surface area contributed by atoms with Gasteiger partial charge in [0.1, 0.15) is 11.3 Å². The molecular formula is C13H20N2O5S. The highest BCUT2D eigenvalue weighted by molar-refractivity contribution is 7.89. The predicted octanol–water partition coefficient (Wildman–Crippen LogP) is 0.368. The lowest BCUT2D eigenvalue weighted by Crippen LogP contribution is -2.37. The Morgan fingerprint density at radius 3 is 2.52 bits per heavy atom. The summed E-state index contributed by atoms with van der Waals surface area (Å²) in [4.78, 5) is 11.6. The SMILES string of the molecule is CNC(C)CNS(=O)(=O)c1ccc(OC)c(C(=O)OC)c1. The molecule has 0 bridgehead atoms. The van der Waals surface area contributed by atoms with E-state index in [1.54, 1.807) is 7.05 Å². The summed E-state index contributed by atoms with van der Waals surface area (Å²) >= 11 is 0. The summed E-state index contributed by atoms with van der Waals surface area (Å²) in [7, 11) is 0.640. The van der Waals surface area contributed by atoms with Crippen LogP contribution in [-0.2, 0) is 14.8 Å². The number of rotatable bonds is 7. The van der Waals surface area contributed by atoms with Gasteiger partial charge in [0, 0.05) is 12.6 Å². The van der Waals surface area contributed by atoms with Crippen LogP contribution in [0.25, 0.3) is 0 Å². The highest BCUT2D eigenvalue weighted by Crippen LogP contribution is 2.23. The lowest BCUT2D eigenvalue weighted by molar-refractivity contribution is 0.0597. The molecule has 1 unspecified atom stereocenters. The first-order valence-electron chi connectivity index (χ1n) is 6.29. The molecule has 0 aliphatic rings. The van der Waals surface area contributed by atoms with Crippen LogP contribution in [0.15, 0.2) is 23.1 Å². The summed E-state index contributed by atoms with van der Waals surface area (Å²) in [5.74, 6) is -0.406. The van der Waals surface area contributed by atoms with Gasteiger partial charge in [-0.15, -0.1) is 0 Å². The van der Waals surface area contributed by atoms with Crippen molar-refractivity contribution in [2.45, 2.75) is 17.9 Å². The van der Waals surface area contributed by atoms with E-state index in [0.717, 1.165) is 0 Å². The zero-order valence-electron chi connectivity index (χ0n) is 12.5. The molecule has 0 aliphatic carbocycles. The molecule has 0 heterocycles. The Balaban J connectivity index is 3.10. The minimum Gasteiger partial charge on any atom is -0.496 e. The number of likely N-dealkylation sites (N-methyl/N-ethyl adjacent to an activating group) is 1. The summed E-state index contributed by atoms with van der Waals surface area (Å²) in [5, 5.41) is 2.92. The number of hydrogen-bond donors (Lipinski definition) is 2. The van der Waals surface area contributed by atoms with Gasteiger partial charge in [-0.2, -0.15) is 0 Å². The lowest BCUT2D eigenvalue weighted by atomic mass is 10.2. The molecule has 0 aromatic heterocycles. The monoisotopic (exact) mass is 316 g/mol. The van der Waals surface area contributed by atoms with Crippen molar-refractivity contribution in [2.24, 2.45) is 0 Å². The maximum atomic E-state index is 12.2. The molecule has 1 aromatic rings. The molecule has 1 rings (SSSR count). The maximum absolute atomic E-state index is 12.2. The second-order valence-corrected chi connectivity index (χ2v) is 6.16. The Labute approximate surface area is 124 Å². The van der Waals surface area contributed by atoms with Crippen molar-refractivity contribution in [2.75, 3.05) is 27.8 Å². The van der Waals surface area contributed by atoms with Gasteiger partial charge in [0.25, 0.3) is 0 Å². The Morgan fingerprint density at radius 2 is 2.00 bits per heavy atom. The first-order chi connectivity index (χ1) is 9.85. The van der Waals surface area contributed by atoms with E-state index in [1.807, 2.05) is 6.92 Å². The quantitative estimate of drug-likeness (QED) is 0.706. The van der Waals surface area contributed by atoms with Crippen molar-refractivity contribution in [1.29, 1.82) is 0 Å². The van der Waals surface area contributed by atoms with Crippen LogP contribution < -0.4 is 14.8 Å². The molecule has 0 saturated carbocycles. The molecule has 0 aliphatic heterocycles. The van der Waals surface area contributed by atoms with Crippen LogP contribution in [0.3, 0.4) is 0 Å². The van der Waals surface area contributed by atoms with Gasteiger partial charge in [0.15, 0.2) is 0 Å². The number of hydrogen-bond acceptors (Lipinski definition) is 6. The molecule has 0 saturated heterocycles. The van der Waals surface area contributed by atoms with Crippen molar-refractivity contribution < 1.29 is 22.7 Å². The number of carbonyl (C=O) groups is 1. The summed E-state index contributed by atoms with van der Waals surface area (Å²) in [5.41, 5.74) is 0.0598. The van der Waals surface area contributed by atoms with E-state index in [9.17, 15) is 13.2 Å². The average Bonchev–Trinajstić information content (AvgIpc) is 2.51. The smallest absolute Gasteiger partial charge is 0.341 e. The van der Waals surface area contributed by atoms with Crippen LogP contribution in [0.1, 0.15) is 17.3 Å². The fourth-order valence-corrected chi connectivity index (χ4v) is 2.70. The van der Waals surface area contributed by atoms with Crippen LogP contribution >= 0.6 is 0 Å². The summed E-state index contributed by atoms with van der Waals surface area (Å²) in [6.07, 6.45) is 0. The Morgan fingerprint density at radius 1 is 1.33 bits per heavy atom. The number of carbonyl (C=O) groups excluding carboxylic acids is 1. The topological polar surface area (TPSA) is 93.7 Å². The summed E-state index contributed by atoms with van der Waals surface area (Å²) in [6.45, 7) is 2.08. The van der Waals surface area contributed by atoms with E-state index < -0.39 is 16.0 Å². The Kier molecular flexibility index (Phi) is 6.13. The van der Waals surface area contributed by atoms with Gasteiger partial charge in [-0.1, -0.05) is 0 Å². The molecular weight excluding hydrogens is 296 g/mol. The van der Waals surface area contributed by atoms with Crippen LogP contribution in [0.4, 0.5) is 0 Å². The Bertz CT molecular complexity index is 601. The number of esters is 1. The van der Waals surface area contributed by atoms with E-state index in [2.05, 4.69) is 14.8 Å². The first kappa shape index (κ1) is 17.4. The van der Waals surface area contributed by atoms with E-state index >= 15 is 0 Å². The second-order valence-electron chi connectivity index (χ2n) is 4.40. The number of benzene rings is 1. The van der Waals surface area contributed by atoms with Gasteiger partial charge in [-0.25, -0.2) is 17.9 Å². The first-order valence-corrected chi connectivity index (χ1v) is 7.77. The second kappa shape index (κ2) is 7.39. The van der Waals surface area contributed by atoms with E-state index in [-0.39, 0.29) is 28.8 Å². The van der Waals surface area contributed by atoms with Crippen molar-refractivity contribution in [3.8, 4) is 5.75 Å². The van der Waals surface area contributed by atoms with Crippen molar-refractivity contribution >= 4 is 16.0 Å². The van der Waals surface area contributed by atoms with Crippen LogP contribution in [-0.4, -0.2) is 48.2 Å². The molecule has 8 heteroatoms. The molecule has 2 N–H and O–H groups in total. The molecule has 0 fully saturated rings. The van der Waals surface area contributed by atoms with Crippen LogP contribution in [0, 0.1) is 0 Å². The van der Waals surface area contributed by atoms with Crippen molar-refractivity contribution in [3.63, 3.8) is 0 Å². The van der Waals surface area contributed by atoms with E-state index in [0.29, 0.717) is 0 Å². The highest BCUT2D eigenvalue weighted by Gasteiger charge is 2.20. The zero-order valence-corrected chi connectivity index (χ0v) is 13.3. The highest BCUT2D eigenvalue weighted by atomic mass is 32.2. The van der Waals surface area contributed by atoms with Crippen LogP contribution in [0.5, 0.6) is 5.75 Å². The lowest BCUT2D eigenvalue weighted by Gasteiger charge is -2.13. The molecule has 118 valence electrons. The van der Waals surface area contributed by atoms with Gasteiger partial charge >= 0.3 is 5.97 Å². The van der Waals surface area contributed by atoms with Crippen LogP contribution in [0.2, 0.25) is 0 Å². The number of ether oxygens (including phenoxy) is 2. The average molecular weight is 316 g/mol. The normalized spacial score (nSPS) is 12.8. The number of methoxy groups -OCH3 is 2. The van der Waals surface area contributed by atoms with Crippen molar-refractivity contribution in [1.82, 2.24) is 10.0 Å². The van der Waals surface area contributed by atoms with Gasteiger partial charge in [-0.3, -0.25) is 0 Å². The maximum Gasteiger partial charge on any atom is 0.341 e. The largest absolute Gasteiger partial charge is 0.496 e. The standard InChI is InChI=1S/C13H20N2O5S/c1-9(14-2)8-15-21(17,18)10-5-6-12(19-3)11(7-10)13(16)20-4/h5-7,9,14-15H,8H2,1-4H3. The molecule has 0 amide bonds. The fraction of sp³-hybridized carbons (Fsp3) is 0.462. The molecule has 1 atom stereocenters. The van der Waals surface area contributed by atoms with E-state index in [4.69, 9.17) is 4.74 Å². The Hall–Kier alpha value is -1.64. The fourth-order valence-electron chi connectivity index (χ4n) is 1.54. The van der Waals surface area contributed by atoms with Crippen molar-refractivity contribution in [3.05, 3.63) is 23.8 Å². The molecule has 0 spiro atoms. The summed E-state index contributed by atoms with van der Waals surface area (Å²) in [6, 6.07) is 4.01. The summed E-state index contributed by atoms with van der Waals surface area (Å²) < 4.78 is 36.5. The third-order valence-electron chi connectivity index (χ3n) is 2.96. The van der Waals surface area contributed by atoms with Gasteiger partial charge < -0.3 is 14.8 Å². The van der Waals surface area contributed by atoms with Gasteiger partial charge in [0.05, 0.1) is 19.1 Å². The van der Waals surface area contributed by atoms with Gasteiger partial charge in [0.2, 0.25) is 10.0 Å². The molecule has 1 aromatic carbocycles. The molecule has 21 heavy (non-hydrogen) atoms. The number of sulfonamides is 1. The minimum absolute atomic E-state index is 0.0156. The third-order valence-corrected chi connectivity index (χ3v) is 4.38. The van der Waals surface area contributed by atoms with E-state index in [1.165, 1.54) is 32.4 Å². The zero-order chi connectivity index (χ0) is 16.0. The minimum atomic E-state index is -3.71. The molecule has 0 radical (unpaired) electrons. The number of nitrogens with one attached hydrogen (secondary N) is 2. The van der Waals surface area contributed by atoms with Gasteiger partial charge in [-0.05, 0) is 32.2 Å². The predicted molar refractivity (Wildman–Crippen MR) is 78.0 cm³/mol. The third kappa shape index (κ3) is 4.42. The molecule has 7 nitrogen and oxygen atoms in total.